The SMILES string of the molecule is CCCNC(=O)CN1CCC(NC(=NCCc2cccc3ccccc23)NCC)CC1. The normalized spacial score (nSPS) is 15.7. The van der Waals surface area contributed by atoms with Crippen molar-refractivity contribution >= 4 is 22.6 Å². The average molecular weight is 424 g/mol. The standard InChI is InChI=1S/C25H37N5O/c1-3-15-27-24(31)19-30-17-13-22(14-18-30)29-25(26-4-2)28-16-12-21-10-7-9-20-8-5-6-11-23(20)21/h5-11,22H,3-4,12-19H2,1-2H3,(H,27,31)(H2,26,28,29). The zero-order valence-corrected chi connectivity index (χ0v) is 19.0. The highest BCUT2D eigenvalue weighted by Crippen LogP contribution is 2.18. The van der Waals surface area contributed by atoms with Gasteiger partial charge < -0.3 is 16.0 Å². The average Bonchev–Trinajstić information content (AvgIpc) is 2.79. The first-order valence-corrected chi connectivity index (χ1v) is 11.7. The molecular weight excluding hydrogens is 386 g/mol. The first kappa shape index (κ1) is 23.1. The van der Waals surface area contributed by atoms with Crippen LogP contribution in [0.5, 0.6) is 0 Å². The topological polar surface area (TPSA) is 68.8 Å². The molecule has 0 aromatic heterocycles. The van der Waals surface area contributed by atoms with Gasteiger partial charge in [-0.3, -0.25) is 14.7 Å². The van der Waals surface area contributed by atoms with Gasteiger partial charge in [0.2, 0.25) is 5.91 Å². The molecule has 1 aliphatic rings. The van der Waals surface area contributed by atoms with Crippen molar-refractivity contribution in [1.29, 1.82) is 0 Å². The summed E-state index contributed by atoms with van der Waals surface area (Å²) in [5, 5.41) is 12.5. The number of amides is 1. The Morgan fingerprint density at radius 2 is 1.84 bits per heavy atom. The summed E-state index contributed by atoms with van der Waals surface area (Å²) < 4.78 is 0. The largest absolute Gasteiger partial charge is 0.357 e. The van der Waals surface area contributed by atoms with E-state index in [1.165, 1.54) is 16.3 Å². The van der Waals surface area contributed by atoms with Gasteiger partial charge in [-0.05, 0) is 48.9 Å². The van der Waals surface area contributed by atoms with Crippen LogP contribution in [-0.2, 0) is 11.2 Å². The fraction of sp³-hybridized carbons (Fsp3) is 0.520. The van der Waals surface area contributed by atoms with Gasteiger partial charge >= 0.3 is 0 Å². The lowest BCUT2D eigenvalue weighted by Gasteiger charge is -2.32. The van der Waals surface area contributed by atoms with Gasteiger partial charge in [-0.15, -0.1) is 0 Å². The molecule has 0 saturated carbocycles. The summed E-state index contributed by atoms with van der Waals surface area (Å²) in [4.78, 5) is 19.0. The maximum atomic E-state index is 11.9. The third-order valence-corrected chi connectivity index (χ3v) is 5.74. The zero-order valence-electron chi connectivity index (χ0n) is 19.0. The molecule has 0 atom stereocenters. The summed E-state index contributed by atoms with van der Waals surface area (Å²) >= 11 is 0. The van der Waals surface area contributed by atoms with Crippen molar-refractivity contribution in [3.63, 3.8) is 0 Å². The highest BCUT2D eigenvalue weighted by atomic mass is 16.2. The molecule has 168 valence electrons. The van der Waals surface area contributed by atoms with E-state index in [2.05, 4.69) is 77.2 Å². The number of hydrogen-bond acceptors (Lipinski definition) is 3. The minimum atomic E-state index is 0.136. The van der Waals surface area contributed by atoms with Gasteiger partial charge in [0.05, 0.1) is 6.54 Å². The molecule has 3 N–H and O–H groups in total. The molecule has 0 unspecified atom stereocenters. The summed E-state index contributed by atoms with van der Waals surface area (Å²) in [6, 6.07) is 15.4. The predicted molar refractivity (Wildman–Crippen MR) is 130 cm³/mol. The molecule has 1 fully saturated rings. The summed E-state index contributed by atoms with van der Waals surface area (Å²) in [5.74, 6) is 1.03. The van der Waals surface area contributed by atoms with Gasteiger partial charge in [0.1, 0.15) is 0 Å². The van der Waals surface area contributed by atoms with E-state index >= 15 is 0 Å². The summed E-state index contributed by atoms with van der Waals surface area (Å²) in [7, 11) is 0. The molecule has 0 spiro atoms. The van der Waals surface area contributed by atoms with Crippen molar-refractivity contribution in [2.75, 3.05) is 39.3 Å². The molecule has 1 heterocycles. The Balaban J connectivity index is 1.48. The van der Waals surface area contributed by atoms with Crippen LogP contribution >= 0.6 is 0 Å². The minimum absolute atomic E-state index is 0.136. The fourth-order valence-electron chi connectivity index (χ4n) is 4.07. The van der Waals surface area contributed by atoms with E-state index in [0.29, 0.717) is 12.6 Å². The maximum Gasteiger partial charge on any atom is 0.234 e. The van der Waals surface area contributed by atoms with Gasteiger partial charge in [0.15, 0.2) is 5.96 Å². The molecule has 3 rings (SSSR count). The van der Waals surface area contributed by atoms with Crippen LogP contribution in [0, 0.1) is 0 Å². The van der Waals surface area contributed by atoms with E-state index in [9.17, 15) is 4.79 Å². The molecule has 2 aromatic carbocycles. The lowest BCUT2D eigenvalue weighted by Crippen LogP contribution is -2.50. The second-order valence-corrected chi connectivity index (χ2v) is 8.19. The molecule has 6 heteroatoms. The van der Waals surface area contributed by atoms with E-state index in [1.807, 2.05) is 0 Å². The van der Waals surface area contributed by atoms with Crippen LogP contribution in [0.25, 0.3) is 10.8 Å². The Hall–Kier alpha value is -2.60. The van der Waals surface area contributed by atoms with Crippen LogP contribution in [-0.4, -0.2) is 62.1 Å². The van der Waals surface area contributed by atoms with E-state index in [1.54, 1.807) is 0 Å². The monoisotopic (exact) mass is 423 g/mol. The number of likely N-dealkylation sites (tertiary alicyclic amines) is 1. The summed E-state index contributed by atoms with van der Waals surface area (Å²) in [6.07, 6.45) is 3.94. The Labute approximate surface area is 186 Å². The van der Waals surface area contributed by atoms with Crippen LogP contribution in [0.4, 0.5) is 0 Å². The maximum absolute atomic E-state index is 11.9. The fourth-order valence-corrected chi connectivity index (χ4v) is 4.07. The van der Waals surface area contributed by atoms with Crippen molar-refractivity contribution in [2.24, 2.45) is 4.99 Å². The van der Waals surface area contributed by atoms with Crippen molar-refractivity contribution in [2.45, 2.75) is 45.6 Å². The van der Waals surface area contributed by atoms with Gasteiger partial charge in [0.25, 0.3) is 0 Å². The molecule has 2 aromatic rings. The molecular formula is C25H37N5O. The Bertz CT molecular complexity index is 853. The number of carbonyl (C=O) groups excluding carboxylic acids is 1. The van der Waals surface area contributed by atoms with E-state index in [4.69, 9.17) is 4.99 Å². The molecule has 31 heavy (non-hydrogen) atoms. The predicted octanol–water partition coefficient (Wildman–Crippen LogP) is 2.93. The van der Waals surface area contributed by atoms with Crippen LogP contribution in [0.15, 0.2) is 47.5 Å². The highest BCUT2D eigenvalue weighted by Gasteiger charge is 2.21. The zero-order chi connectivity index (χ0) is 21.9. The molecule has 0 aliphatic carbocycles. The second-order valence-electron chi connectivity index (χ2n) is 8.19. The lowest BCUT2D eigenvalue weighted by atomic mass is 10.0. The molecule has 6 nitrogen and oxygen atoms in total. The molecule has 0 bridgehead atoms. The quantitative estimate of drug-likeness (QED) is 0.429. The van der Waals surface area contributed by atoms with Crippen LogP contribution in [0.3, 0.4) is 0 Å². The molecule has 1 amide bonds. The van der Waals surface area contributed by atoms with E-state index in [-0.39, 0.29) is 5.91 Å². The lowest BCUT2D eigenvalue weighted by molar-refractivity contribution is -0.122. The van der Waals surface area contributed by atoms with Gasteiger partial charge in [-0.2, -0.15) is 0 Å². The first-order chi connectivity index (χ1) is 15.2. The number of nitrogens with one attached hydrogen (secondary N) is 3. The smallest absolute Gasteiger partial charge is 0.234 e. The number of carbonyl (C=O) groups is 1. The summed E-state index contributed by atoms with van der Waals surface area (Å²) in [6.45, 7) is 8.90. The number of rotatable bonds is 9. The van der Waals surface area contributed by atoms with Crippen LogP contribution in [0.2, 0.25) is 0 Å². The Morgan fingerprint density at radius 1 is 1.06 bits per heavy atom. The van der Waals surface area contributed by atoms with Crippen molar-refractivity contribution in [3.8, 4) is 0 Å². The number of fused-ring (bicyclic) bond motifs is 1. The summed E-state index contributed by atoms with van der Waals surface area (Å²) in [5.41, 5.74) is 1.34. The number of hydrogen-bond donors (Lipinski definition) is 3. The van der Waals surface area contributed by atoms with Gasteiger partial charge in [-0.1, -0.05) is 49.4 Å². The number of guanidine groups is 1. The molecule has 1 saturated heterocycles. The molecule has 1 aliphatic heterocycles. The van der Waals surface area contributed by atoms with Gasteiger partial charge in [0, 0.05) is 38.8 Å². The third kappa shape index (κ3) is 7.24. The van der Waals surface area contributed by atoms with Crippen molar-refractivity contribution < 1.29 is 4.79 Å². The van der Waals surface area contributed by atoms with Crippen LogP contribution < -0.4 is 16.0 Å². The second kappa shape index (κ2) is 12.3. The van der Waals surface area contributed by atoms with Crippen LogP contribution in [0.1, 0.15) is 38.7 Å². The molecule has 0 radical (unpaired) electrons. The number of piperidine rings is 1. The Morgan fingerprint density at radius 3 is 2.61 bits per heavy atom. The number of aliphatic imine (C=N–C) groups is 1. The first-order valence-electron chi connectivity index (χ1n) is 11.7. The van der Waals surface area contributed by atoms with E-state index < -0.39 is 0 Å². The number of benzene rings is 2. The van der Waals surface area contributed by atoms with Crippen molar-refractivity contribution in [3.05, 3.63) is 48.0 Å². The highest BCUT2D eigenvalue weighted by molar-refractivity contribution is 5.85. The van der Waals surface area contributed by atoms with Crippen molar-refractivity contribution in [1.82, 2.24) is 20.9 Å². The van der Waals surface area contributed by atoms with Gasteiger partial charge in [-0.25, -0.2) is 0 Å². The third-order valence-electron chi connectivity index (χ3n) is 5.74. The number of nitrogens with zero attached hydrogens (tertiary/aromatic N) is 2. The Kier molecular flexibility index (Phi) is 9.16. The minimum Gasteiger partial charge on any atom is -0.357 e. The van der Waals surface area contributed by atoms with E-state index in [0.717, 1.165) is 64.4 Å².